The summed E-state index contributed by atoms with van der Waals surface area (Å²) in [7, 11) is 0. The van der Waals surface area contributed by atoms with Crippen LogP contribution in [0, 0.1) is 5.92 Å². The normalized spacial score (nSPS) is 24.5. The van der Waals surface area contributed by atoms with Crippen molar-refractivity contribution >= 4 is 18.3 Å². The van der Waals surface area contributed by atoms with Crippen molar-refractivity contribution in [1.82, 2.24) is 9.80 Å². The minimum absolute atomic E-state index is 0. The number of hydrogen-bond donors (Lipinski definition) is 1. The smallest absolute Gasteiger partial charge is 0.236 e. The van der Waals surface area contributed by atoms with Crippen LogP contribution in [-0.2, 0) is 4.79 Å². The molecule has 1 aliphatic rings. The van der Waals surface area contributed by atoms with Gasteiger partial charge in [0.2, 0.25) is 5.91 Å². The fourth-order valence-corrected chi connectivity index (χ4v) is 2.46. The lowest BCUT2D eigenvalue weighted by Gasteiger charge is -2.25. The number of rotatable bonds is 5. The maximum atomic E-state index is 12.0. The second-order valence-corrected chi connectivity index (χ2v) is 4.68. The Bertz CT molecular complexity index is 234. The summed E-state index contributed by atoms with van der Waals surface area (Å²) in [5, 5.41) is 0. The Kier molecular flexibility index (Phi) is 7.75. The second-order valence-electron chi connectivity index (χ2n) is 4.68. The summed E-state index contributed by atoms with van der Waals surface area (Å²) >= 11 is 0. The zero-order valence-corrected chi connectivity index (χ0v) is 12.0. The lowest BCUT2D eigenvalue weighted by Crippen LogP contribution is -2.41. The van der Waals surface area contributed by atoms with Crippen LogP contribution in [0.15, 0.2) is 0 Å². The number of halogens is 1. The lowest BCUT2D eigenvalue weighted by molar-refractivity contribution is -0.132. The number of likely N-dealkylation sites (N-methyl/N-ethyl adjacent to an activating group) is 1. The molecule has 1 saturated heterocycles. The maximum absolute atomic E-state index is 12.0. The van der Waals surface area contributed by atoms with Crippen LogP contribution in [0.4, 0.5) is 0 Å². The highest BCUT2D eigenvalue weighted by Gasteiger charge is 2.29. The Morgan fingerprint density at radius 2 is 2.00 bits per heavy atom. The Labute approximate surface area is 111 Å². The fraction of sp³-hybridized carbons (Fsp3) is 0.917. The first kappa shape index (κ1) is 16.7. The molecule has 1 aliphatic heterocycles. The number of carbonyl (C=O) groups is 1. The zero-order valence-electron chi connectivity index (χ0n) is 11.2. The van der Waals surface area contributed by atoms with E-state index in [2.05, 4.69) is 11.8 Å². The molecule has 5 heteroatoms. The highest BCUT2D eigenvalue weighted by molar-refractivity contribution is 5.85. The number of hydrogen-bond acceptors (Lipinski definition) is 3. The molecular formula is C12H26ClN3O. The lowest BCUT2D eigenvalue weighted by atomic mass is 10.1. The minimum atomic E-state index is 0. The first-order valence-corrected chi connectivity index (χ1v) is 6.34. The molecular weight excluding hydrogens is 238 g/mol. The number of carbonyl (C=O) groups excluding carboxylic acids is 1. The van der Waals surface area contributed by atoms with Crippen LogP contribution in [0.25, 0.3) is 0 Å². The summed E-state index contributed by atoms with van der Waals surface area (Å²) in [6.45, 7) is 10.1. The third-order valence-corrected chi connectivity index (χ3v) is 3.58. The van der Waals surface area contributed by atoms with E-state index in [-0.39, 0.29) is 18.3 Å². The molecule has 0 aromatic carbocycles. The quantitative estimate of drug-likeness (QED) is 0.803. The largest absolute Gasteiger partial charge is 0.342 e. The van der Waals surface area contributed by atoms with E-state index >= 15 is 0 Å². The van der Waals surface area contributed by atoms with Gasteiger partial charge < -0.3 is 10.6 Å². The standard InChI is InChI=1S/C12H25N3O.ClH/c1-4-14(5-2)12(16)9-15-8-11(7-13)6-10(15)3;/h10-11H,4-9,13H2,1-3H3;1H. The van der Waals surface area contributed by atoms with Gasteiger partial charge in [-0.3, -0.25) is 9.69 Å². The van der Waals surface area contributed by atoms with Crippen LogP contribution in [0.2, 0.25) is 0 Å². The van der Waals surface area contributed by atoms with Crippen molar-refractivity contribution in [2.75, 3.05) is 32.7 Å². The minimum Gasteiger partial charge on any atom is -0.342 e. The van der Waals surface area contributed by atoms with Gasteiger partial charge in [0.15, 0.2) is 0 Å². The summed E-state index contributed by atoms with van der Waals surface area (Å²) < 4.78 is 0. The van der Waals surface area contributed by atoms with E-state index in [0.29, 0.717) is 18.5 Å². The van der Waals surface area contributed by atoms with Gasteiger partial charge in [-0.25, -0.2) is 0 Å². The van der Waals surface area contributed by atoms with E-state index < -0.39 is 0 Å². The van der Waals surface area contributed by atoms with E-state index in [1.165, 1.54) is 0 Å². The summed E-state index contributed by atoms with van der Waals surface area (Å²) in [5.74, 6) is 0.814. The van der Waals surface area contributed by atoms with Gasteiger partial charge in [0.1, 0.15) is 0 Å². The summed E-state index contributed by atoms with van der Waals surface area (Å²) in [5.41, 5.74) is 5.68. The maximum Gasteiger partial charge on any atom is 0.236 e. The van der Waals surface area contributed by atoms with E-state index in [0.717, 1.165) is 32.6 Å². The van der Waals surface area contributed by atoms with Crippen molar-refractivity contribution in [1.29, 1.82) is 0 Å². The molecule has 1 rings (SSSR count). The Morgan fingerprint density at radius 3 is 2.41 bits per heavy atom. The molecule has 4 nitrogen and oxygen atoms in total. The van der Waals surface area contributed by atoms with Crippen molar-refractivity contribution in [3.05, 3.63) is 0 Å². The first-order chi connectivity index (χ1) is 7.62. The first-order valence-electron chi connectivity index (χ1n) is 6.34. The van der Waals surface area contributed by atoms with Gasteiger partial charge in [0, 0.05) is 25.7 Å². The Hall–Kier alpha value is -0.320. The third-order valence-electron chi connectivity index (χ3n) is 3.58. The Morgan fingerprint density at radius 1 is 1.41 bits per heavy atom. The summed E-state index contributed by atoms with van der Waals surface area (Å²) in [6, 6.07) is 0.494. The Balaban J connectivity index is 0.00000256. The molecule has 17 heavy (non-hydrogen) atoms. The van der Waals surface area contributed by atoms with Gasteiger partial charge in [-0.1, -0.05) is 0 Å². The SMILES string of the molecule is CCN(CC)C(=O)CN1CC(CN)CC1C.Cl. The van der Waals surface area contributed by atoms with Crippen LogP contribution in [0.5, 0.6) is 0 Å². The molecule has 0 radical (unpaired) electrons. The van der Waals surface area contributed by atoms with Gasteiger partial charge >= 0.3 is 0 Å². The molecule has 0 spiro atoms. The predicted molar refractivity (Wildman–Crippen MR) is 73.4 cm³/mol. The highest BCUT2D eigenvalue weighted by atomic mass is 35.5. The van der Waals surface area contributed by atoms with Crippen molar-refractivity contribution in [3.8, 4) is 0 Å². The van der Waals surface area contributed by atoms with E-state index in [9.17, 15) is 4.79 Å². The molecule has 0 aliphatic carbocycles. The number of nitrogens with zero attached hydrogens (tertiary/aromatic N) is 2. The molecule has 2 unspecified atom stereocenters. The van der Waals surface area contributed by atoms with E-state index in [1.807, 2.05) is 18.7 Å². The van der Waals surface area contributed by atoms with Crippen molar-refractivity contribution in [2.45, 2.75) is 33.2 Å². The van der Waals surface area contributed by atoms with Crippen molar-refractivity contribution < 1.29 is 4.79 Å². The summed E-state index contributed by atoms with van der Waals surface area (Å²) in [6.07, 6.45) is 1.13. The van der Waals surface area contributed by atoms with Gasteiger partial charge in [-0.2, -0.15) is 0 Å². The molecule has 0 aromatic heterocycles. The average molecular weight is 264 g/mol. The molecule has 1 amide bonds. The van der Waals surface area contributed by atoms with Crippen molar-refractivity contribution in [3.63, 3.8) is 0 Å². The molecule has 1 fully saturated rings. The zero-order chi connectivity index (χ0) is 12.1. The molecule has 0 bridgehead atoms. The van der Waals surface area contributed by atoms with E-state index in [4.69, 9.17) is 5.73 Å². The average Bonchev–Trinajstić information content (AvgIpc) is 2.61. The van der Waals surface area contributed by atoms with Crippen molar-refractivity contribution in [2.24, 2.45) is 11.7 Å². The van der Waals surface area contributed by atoms with Crippen LogP contribution < -0.4 is 5.73 Å². The third kappa shape index (κ3) is 4.45. The van der Waals surface area contributed by atoms with Gasteiger partial charge in [-0.05, 0) is 39.7 Å². The number of nitrogens with two attached hydrogens (primary N) is 1. The van der Waals surface area contributed by atoms with Gasteiger partial charge in [0.05, 0.1) is 6.54 Å². The molecule has 1 heterocycles. The van der Waals surface area contributed by atoms with Gasteiger partial charge in [0.25, 0.3) is 0 Å². The van der Waals surface area contributed by atoms with E-state index in [1.54, 1.807) is 0 Å². The molecule has 2 atom stereocenters. The van der Waals surface area contributed by atoms with Crippen LogP contribution >= 0.6 is 12.4 Å². The summed E-state index contributed by atoms with van der Waals surface area (Å²) in [4.78, 5) is 16.1. The molecule has 102 valence electrons. The highest BCUT2D eigenvalue weighted by Crippen LogP contribution is 2.21. The predicted octanol–water partition coefficient (Wildman–Crippen LogP) is 0.946. The molecule has 0 aromatic rings. The number of likely N-dealkylation sites (tertiary alicyclic amines) is 1. The number of amides is 1. The second kappa shape index (κ2) is 7.90. The van der Waals surface area contributed by atoms with Crippen LogP contribution in [-0.4, -0.2) is 54.5 Å². The van der Waals surface area contributed by atoms with Crippen LogP contribution in [0.1, 0.15) is 27.2 Å². The topological polar surface area (TPSA) is 49.6 Å². The fourth-order valence-electron chi connectivity index (χ4n) is 2.46. The monoisotopic (exact) mass is 263 g/mol. The molecule has 2 N–H and O–H groups in total. The van der Waals surface area contributed by atoms with Crippen LogP contribution in [0.3, 0.4) is 0 Å². The molecule has 0 saturated carbocycles. The van der Waals surface area contributed by atoms with Gasteiger partial charge in [-0.15, -0.1) is 12.4 Å².